The lowest BCUT2D eigenvalue weighted by atomic mass is 10.1. The molecular formula is C17H24N2O2. The summed E-state index contributed by atoms with van der Waals surface area (Å²) >= 11 is 0. The van der Waals surface area contributed by atoms with Crippen molar-refractivity contribution in [3.8, 4) is 0 Å². The fourth-order valence-corrected chi connectivity index (χ4v) is 2.57. The van der Waals surface area contributed by atoms with Gasteiger partial charge in [0.1, 0.15) is 6.61 Å². The molecule has 1 aliphatic rings. The van der Waals surface area contributed by atoms with Crippen molar-refractivity contribution in [1.29, 1.82) is 0 Å². The maximum Gasteiger partial charge on any atom is 0.433 e. The van der Waals surface area contributed by atoms with Crippen LogP contribution in [0.2, 0.25) is 0 Å². The molecule has 0 radical (unpaired) electrons. The third kappa shape index (κ3) is 5.31. The average molecular weight is 288 g/mol. The van der Waals surface area contributed by atoms with E-state index in [9.17, 15) is 4.79 Å². The maximum atomic E-state index is 11.8. The van der Waals surface area contributed by atoms with Crippen molar-refractivity contribution in [1.82, 2.24) is 4.90 Å². The first-order valence-electron chi connectivity index (χ1n) is 7.81. The smallest absolute Gasteiger partial charge is 0.433 e. The number of piperidine rings is 1. The maximum absolute atomic E-state index is 11.8. The first-order chi connectivity index (χ1) is 10.3. The van der Waals surface area contributed by atoms with Crippen molar-refractivity contribution in [3.05, 3.63) is 35.9 Å². The average Bonchev–Trinajstić information content (AvgIpc) is 2.54. The number of rotatable bonds is 5. The van der Waals surface area contributed by atoms with Gasteiger partial charge in [0.15, 0.2) is 0 Å². The molecule has 1 saturated heterocycles. The zero-order chi connectivity index (χ0) is 14.9. The largest absolute Gasteiger partial charge is 0.447 e. The number of hydrogen-bond acceptors (Lipinski definition) is 3. The van der Waals surface area contributed by atoms with Crippen LogP contribution in [0.3, 0.4) is 0 Å². The molecule has 1 fully saturated rings. The van der Waals surface area contributed by atoms with E-state index in [1.54, 1.807) is 0 Å². The van der Waals surface area contributed by atoms with E-state index in [1.807, 2.05) is 37.3 Å². The molecule has 1 amide bonds. The number of amides is 1. The summed E-state index contributed by atoms with van der Waals surface area (Å²) in [6.07, 6.45) is 4.05. The summed E-state index contributed by atoms with van der Waals surface area (Å²) in [5.74, 6) is 0. The van der Waals surface area contributed by atoms with Crippen LogP contribution in [0.25, 0.3) is 0 Å². The van der Waals surface area contributed by atoms with Crippen LogP contribution in [0.5, 0.6) is 0 Å². The molecule has 1 aromatic rings. The highest BCUT2D eigenvalue weighted by Gasteiger charge is 2.11. The van der Waals surface area contributed by atoms with Crippen molar-refractivity contribution in [2.24, 2.45) is 4.99 Å². The van der Waals surface area contributed by atoms with Gasteiger partial charge in [-0.2, -0.15) is 4.99 Å². The van der Waals surface area contributed by atoms with Gasteiger partial charge in [0.25, 0.3) is 0 Å². The first-order valence-corrected chi connectivity index (χ1v) is 7.81. The highest BCUT2D eigenvalue weighted by atomic mass is 16.5. The summed E-state index contributed by atoms with van der Waals surface area (Å²) in [7, 11) is 0. The molecule has 0 atom stereocenters. The van der Waals surface area contributed by atoms with E-state index in [-0.39, 0.29) is 0 Å². The van der Waals surface area contributed by atoms with E-state index in [2.05, 4.69) is 9.89 Å². The summed E-state index contributed by atoms with van der Waals surface area (Å²) in [6, 6.07) is 9.77. The van der Waals surface area contributed by atoms with Crippen LogP contribution in [0.4, 0.5) is 4.79 Å². The zero-order valence-electron chi connectivity index (χ0n) is 12.8. The van der Waals surface area contributed by atoms with Crippen LogP contribution in [-0.2, 0) is 4.74 Å². The van der Waals surface area contributed by atoms with Gasteiger partial charge in [0.05, 0.1) is 5.71 Å². The molecule has 1 aromatic carbocycles. The Hall–Kier alpha value is -1.68. The van der Waals surface area contributed by atoms with E-state index in [1.165, 1.54) is 19.3 Å². The van der Waals surface area contributed by atoms with Crippen molar-refractivity contribution in [2.45, 2.75) is 32.6 Å². The fraction of sp³-hybridized carbons (Fsp3) is 0.529. The Bertz CT molecular complexity index is 465. The number of carbonyl (C=O) groups is 1. The molecular weight excluding hydrogens is 264 g/mol. The van der Waals surface area contributed by atoms with E-state index < -0.39 is 6.09 Å². The quantitative estimate of drug-likeness (QED) is 0.779. The number of nitrogens with zero attached hydrogens (tertiary/aromatic N) is 2. The minimum atomic E-state index is -0.479. The summed E-state index contributed by atoms with van der Waals surface area (Å²) in [5.41, 5.74) is 1.76. The molecule has 0 spiro atoms. The standard InChI is InChI=1S/C17H24N2O2/c1-2-16(15-9-5-3-6-10-15)18-17(20)21-14-13-19-11-7-4-8-12-19/h3,5-6,9-10H,2,4,7-8,11-14H2,1H3. The van der Waals surface area contributed by atoms with Crippen molar-refractivity contribution < 1.29 is 9.53 Å². The lowest BCUT2D eigenvalue weighted by Gasteiger charge is -2.25. The van der Waals surface area contributed by atoms with Crippen LogP contribution in [0, 0.1) is 0 Å². The summed E-state index contributed by atoms with van der Waals surface area (Å²) < 4.78 is 5.23. The minimum Gasteiger partial charge on any atom is -0.447 e. The Morgan fingerprint density at radius 3 is 2.57 bits per heavy atom. The second-order valence-electron chi connectivity index (χ2n) is 5.29. The molecule has 0 saturated carbocycles. The van der Waals surface area contributed by atoms with E-state index >= 15 is 0 Å². The van der Waals surface area contributed by atoms with Gasteiger partial charge in [0, 0.05) is 6.54 Å². The predicted molar refractivity (Wildman–Crippen MR) is 84.9 cm³/mol. The zero-order valence-corrected chi connectivity index (χ0v) is 12.8. The molecule has 2 rings (SSSR count). The Morgan fingerprint density at radius 1 is 1.19 bits per heavy atom. The Morgan fingerprint density at radius 2 is 1.90 bits per heavy atom. The molecule has 114 valence electrons. The number of likely N-dealkylation sites (tertiary alicyclic amines) is 1. The lowest BCUT2D eigenvalue weighted by Crippen LogP contribution is -2.33. The van der Waals surface area contributed by atoms with Gasteiger partial charge in [-0.3, -0.25) is 4.90 Å². The topological polar surface area (TPSA) is 41.9 Å². The molecule has 1 aliphatic heterocycles. The molecule has 4 heteroatoms. The Labute approximate surface area is 126 Å². The third-order valence-corrected chi connectivity index (χ3v) is 3.75. The summed E-state index contributed by atoms with van der Waals surface area (Å²) in [4.78, 5) is 18.2. The van der Waals surface area contributed by atoms with E-state index in [0.717, 1.165) is 30.9 Å². The predicted octanol–water partition coefficient (Wildman–Crippen LogP) is 3.51. The van der Waals surface area contributed by atoms with Gasteiger partial charge in [-0.25, -0.2) is 4.79 Å². The molecule has 0 bridgehead atoms. The van der Waals surface area contributed by atoms with Gasteiger partial charge in [-0.15, -0.1) is 0 Å². The number of hydrogen-bond donors (Lipinski definition) is 0. The van der Waals surface area contributed by atoms with Crippen LogP contribution < -0.4 is 0 Å². The van der Waals surface area contributed by atoms with Gasteiger partial charge in [-0.05, 0) is 37.9 Å². The van der Waals surface area contributed by atoms with Crippen molar-refractivity contribution in [3.63, 3.8) is 0 Å². The van der Waals surface area contributed by atoms with Crippen molar-refractivity contribution in [2.75, 3.05) is 26.2 Å². The second-order valence-corrected chi connectivity index (χ2v) is 5.29. The molecule has 21 heavy (non-hydrogen) atoms. The van der Waals surface area contributed by atoms with Crippen LogP contribution in [-0.4, -0.2) is 42.9 Å². The molecule has 1 heterocycles. The monoisotopic (exact) mass is 288 g/mol. The Kier molecular flexibility index (Phi) is 6.41. The molecule has 0 N–H and O–H groups in total. The third-order valence-electron chi connectivity index (χ3n) is 3.75. The van der Waals surface area contributed by atoms with Crippen LogP contribution in [0.1, 0.15) is 38.2 Å². The normalized spacial score (nSPS) is 16.7. The van der Waals surface area contributed by atoms with Gasteiger partial charge in [-0.1, -0.05) is 43.7 Å². The van der Waals surface area contributed by atoms with E-state index in [4.69, 9.17) is 4.74 Å². The summed E-state index contributed by atoms with van der Waals surface area (Å²) in [6.45, 7) is 5.46. The summed E-state index contributed by atoms with van der Waals surface area (Å²) in [5, 5.41) is 0. The van der Waals surface area contributed by atoms with Crippen LogP contribution in [0.15, 0.2) is 35.3 Å². The SMILES string of the molecule is CCC(=NC(=O)OCCN1CCCCC1)c1ccccc1. The number of ether oxygens (including phenoxy) is 1. The number of aliphatic imine (C=N–C) groups is 1. The van der Waals surface area contributed by atoms with Gasteiger partial charge >= 0.3 is 6.09 Å². The van der Waals surface area contributed by atoms with Gasteiger partial charge in [0.2, 0.25) is 0 Å². The highest BCUT2D eigenvalue weighted by Crippen LogP contribution is 2.08. The lowest BCUT2D eigenvalue weighted by molar-refractivity contribution is 0.128. The minimum absolute atomic E-state index is 0.425. The molecule has 0 aliphatic carbocycles. The molecule has 0 unspecified atom stereocenters. The molecule has 4 nitrogen and oxygen atoms in total. The van der Waals surface area contributed by atoms with Crippen LogP contribution >= 0.6 is 0 Å². The molecule has 0 aromatic heterocycles. The van der Waals surface area contributed by atoms with Crippen molar-refractivity contribution >= 4 is 11.8 Å². The second kappa shape index (κ2) is 8.57. The fourth-order valence-electron chi connectivity index (χ4n) is 2.57. The van der Waals surface area contributed by atoms with Gasteiger partial charge < -0.3 is 4.74 Å². The number of benzene rings is 1. The highest BCUT2D eigenvalue weighted by molar-refractivity contribution is 6.05. The number of carbonyl (C=O) groups excluding carboxylic acids is 1. The first kappa shape index (κ1) is 15.7. The van der Waals surface area contributed by atoms with E-state index in [0.29, 0.717) is 13.0 Å². The Balaban J connectivity index is 1.80.